The SMILES string of the molecule is CN=C(NCc1ccc(O)c(F)c1)NCC(C)Oc1ccccc1F. The van der Waals surface area contributed by atoms with Gasteiger partial charge in [-0.15, -0.1) is 0 Å². The Morgan fingerprint density at radius 3 is 2.60 bits per heavy atom. The van der Waals surface area contributed by atoms with Crippen molar-refractivity contribution < 1.29 is 18.6 Å². The largest absolute Gasteiger partial charge is 0.505 e. The fraction of sp³-hybridized carbons (Fsp3) is 0.278. The summed E-state index contributed by atoms with van der Waals surface area (Å²) in [4.78, 5) is 4.06. The Kier molecular flexibility index (Phi) is 6.56. The number of hydrogen-bond donors (Lipinski definition) is 3. The van der Waals surface area contributed by atoms with Gasteiger partial charge in [0.05, 0.1) is 6.54 Å². The third kappa shape index (κ3) is 5.63. The van der Waals surface area contributed by atoms with E-state index in [0.29, 0.717) is 24.6 Å². The molecule has 3 N–H and O–H groups in total. The summed E-state index contributed by atoms with van der Waals surface area (Å²) in [7, 11) is 1.61. The lowest BCUT2D eigenvalue weighted by molar-refractivity contribution is 0.214. The van der Waals surface area contributed by atoms with Gasteiger partial charge < -0.3 is 20.5 Å². The molecule has 0 aliphatic carbocycles. The van der Waals surface area contributed by atoms with E-state index in [1.165, 1.54) is 18.2 Å². The Labute approximate surface area is 145 Å². The van der Waals surface area contributed by atoms with Crippen LogP contribution in [0.1, 0.15) is 12.5 Å². The summed E-state index contributed by atoms with van der Waals surface area (Å²) in [6.45, 7) is 2.54. The maximum absolute atomic E-state index is 13.6. The number of benzene rings is 2. The molecule has 0 radical (unpaired) electrons. The van der Waals surface area contributed by atoms with Crippen LogP contribution in [0, 0.1) is 11.6 Å². The molecule has 0 heterocycles. The van der Waals surface area contributed by atoms with Crippen molar-refractivity contribution in [1.82, 2.24) is 10.6 Å². The number of halogens is 2. The topological polar surface area (TPSA) is 65.9 Å². The lowest BCUT2D eigenvalue weighted by atomic mass is 10.2. The highest BCUT2D eigenvalue weighted by Crippen LogP contribution is 2.17. The van der Waals surface area contributed by atoms with Crippen LogP contribution in [0.3, 0.4) is 0 Å². The Bertz CT molecular complexity index is 738. The van der Waals surface area contributed by atoms with E-state index in [2.05, 4.69) is 15.6 Å². The highest BCUT2D eigenvalue weighted by molar-refractivity contribution is 5.79. The number of ether oxygens (including phenoxy) is 1. The van der Waals surface area contributed by atoms with Crippen LogP contribution in [0.4, 0.5) is 8.78 Å². The number of nitrogens with zero attached hydrogens (tertiary/aromatic N) is 1. The van der Waals surface area contributed by atoms with Crippen molar-refractivity contribution in [2.45, 2.75) is 19.6 Å². The monoisotopic (exact) mass is 349 g/mol. The normalized spacial score (nSPS) is 12.6. The fourth-order valence-electron chi connectivity index (χ4n) is 2.11. The van der Waals surface area contributed by atoms with Gasteiger partial charge in [-0.2, -0.15) is 0 Å². The molecule has 0 fully saturated rings. The molecule has 25 heavy (non-hydrogen) atoms. The highest BCUT2D eigenvalue weighted by atomic mass is 19.1. The smallest absolute Gasteiger partial charge is 0.191 e. The molecule has 0 bridgehead atoms. The molecule has 134 valence electrons. The maximum atomic E-state index is 13.6. The van der Waals surface area contributed by atoms with E-state index >= 15 is 0 Å². The van der Waals surface area contributed by atoms with Gasteiger partial charge in [0.25, 0.3) is 0 Å². The molecule has 0 spiro atoms. The molecule has 0 aromatic heterocycles. The lowest BCUT2D eigenvalue weighted by Crippen LogP contribution is -2.41. The van der Waals surface area contributed by atoms with E-state index < -0.39 is 11.6 Å². The lowest BCUT2D eigenvalue weighted by Gasteiger charge is -2.18. The van der Waals surface area contributed by atoms with Crippen LogP contribution in [-0.4, -0.2) is 30.8 Å². The van der Waals surface area contributed by atoms with Gasteiger partial charge in [-0.3, -0.25) is 4.99 Å². The summed E-state index contributed by atoms with van der Waals surface area (Å²) >= 11 is 0. The molecule has 2 rings (SSSR count). The van der Waals surface area contributed by atoms with E-state index in [0.717, 1.165) is 0 Å². The van der Waals surface area contributed by atoms with Crippen LogP contribution in [0.25, 0.3) is 0 Å². The molecule has 2 aromatic rings. The van der Waals surface area contributed by atoms with Crippen LogP contribution >= 0.6 is 0 Å². The molecule has 0 aliphatic rings. The minimum atomic E-state index is -0.672. The van der Waals surface area contributed by atoms with Gasteiger partial charge in [-0.05, 0) is 36.8 Å². The van der Waals surface area contributed by atoms with Crippen molar-refractivity contribution in [2.24, 2.45) is 4.99 Å². The van der Waals surface area contributed by atoms with Gasteiger partial charge in [0.2, 0.25) is 0 Å². The summed E-state index contributed by atoms with van der Waals surface area (Å²) in [5, 5.41) is 15.3. The van der Waals surface area contributed by atoms with Gasteiger partial charge in [0.15, 0.2) is 29.1 Å². The van der Waals surface area contributed by atoms with Crippen molar-refractivity contribution in [3.63, 3.8) is 0 Å². The van der Waals surface area contributed by atoms with Crippen molar-refractivity contribution in [2.75, 3.05) is 13.6 Å². The summed E-state index contributed by atoms with van der Waals surface area (Å²) in [6, 6.07) is 10.4. The van der Waals surface area contributed by atoms with Crippen LogP contribution in [-0.2, 0) is 6.54 Å². The Hall–Kier alpha value is -2.83. The van der Waals surface area contributed by atoms with Crippen molar-refractivity contribution in [3.05, 3.63) is 59.7 Å². The summed E-state index contributed by atoms with van der Waals surface area (Å²) in [5.41, 5.74) is 0.661. The van der Waals surface area contributed by atoms with Gasteiger partial charge in [0, 0.05) is 13.6 Å². The minimum absolute atomic E-state index is 0.194. The van der Waals surface area contributed by atoms with Gasteiger partial charge in [0.1, 0.15) is 6.10 Å². The molecule has 1 atom stereocenters. The van der Waals surface area contributed by atoms with E-state index in [4.69, 9.17) is 4.74 Å². The molecule has 0 amide bonds. The number of para-hydroxylation sites is 1. The van der Waals surface area contributed by atoms with Crippen LogP contribution in [0.5, 0.6) is 11.5 Å². The molecule has 0 saturated heterocycles. The third-order valence-corrected chi connectivity index (χ3v) is 3.42. The molecule has 0 saturated carbocycles. The Morgan fingerprint density at radius 1 is 1.16 bits per heavy atom. The Morgan fingerprint density at radius 2 is 1.92 bits per heavy atom. The van der Waals surface area contributed by atoms with E-state index in [1.807, 2.05) is 6.92 Å². The van der Waals surface area contributed by atoms with Gasteiger partial charge in [-0.25, -0.2) is 8.78 Å². The van der Waals surface area contributed by atoms with Crippen LogP contribution in [0.15, 0.2) is 47.5 Å². The molecule has 5 nitrogen and oxygen atoms in total. The molecule has 7 heteroatoms. The molecular weight excluding hydrogens is 328 g/mol. The first-order chi connectivity index (χ1) is 12.0. The average Bonchev–Trinajstić information content (AvgIpc) is 2.60. The number of guanidine groups is 1. The highest BCUT2D eigenvalue weighted by Gasteiger charge is 2.09. The predicted molar refractivity (Wildman–Crippen MR) is 92.8 cm³/mol. The molecule has 0 aliphatic heterocycles. The number of aromatic hydroxyl groups is 1. The zero-order valence-electron chi connectivity index (χ0n) is 14.1. The van der Waals surface area contributed by atoms with Gasteiger partial charge in [-0.1, -0.05) is 18.2 Å². The number of phenolic OH excluding ortho intramolecular Hbond substituents is 1. The average molecular weight is 349 g/mol. The number of nitrogens with one attached hydrogen (secondary N) is 2. The standard InChI is InChI=1S/C18H21F2N3O2/c1-12(25-17-6-4-3-5-14(17)19)10-22-18(21-2)23-11-13-7-8-16(24)15(20)9-13/h3-9,12,24H,10-11H2,1-2H3,(H2,21,22,23). The van der Waals surface area contributed by atoms with Crippen molar-refractivity contribution >= 4 is 5.96 Å². The minimum Gasteiger partial charge on any atom is -0.505 e. The zero-order valence-corrected chi connectivity index (χ0v) is 14.1. The number of aliphatic imine (C=N–C) groups is 1. The van der Waals surface area contributed by atoms with E-state index in [9.17, 15) is 13.9 Å². The van der Waals surface area contributed by atoms with Crippen LogP contribution in [0.2, 0.25) is 0 Å². The van der Waals surface area contributed by atoms with Crippen LogP contribution < -0.4 is 15.4 Å². The van der Waals surface area contributed by atoms with Crippen molar-refractivity contribution in [3.8, 4) is 11.5 Å². The second-order valence-corrected chi connectivity index (χ2v) is 5.45. The quantitative estimate of drug-likeness (QED) is 0.554. The number of hydrogen-bond acceptors (Lipinski definition) is 3. The van der Waals surface area contributed by atoms with E-state index in [-0.39, 0.29) is 17.6 Å². The summed E-state index contributed by atoms with van der Waals surface area (Å²) in [6.07, 6.45) is -0.290. The Balaban J connectivity index is 1.81. The predicted octanol–water partition coefficient (Wildman–Crippen LogP) is 2.80. The maximum Gasteiger partial charge on any atom is 0.191 e. The first-order valence-corrected chi connectivity index (χ1v) is 7.82. The fourth-order valence-corrected chi connectivity index (χ4v) is 2.11. The second-order valence-electron chi connectivity index (χ2n) is 5.45. The summed E-state index contributed by atoms with van der Waals surface area (Å²) in [5.74, 6) is -0.775. The third-order valence-electron chi connectivity index (χ3n) is 3.42. The number of rotatable bonds is 6. The molecular formula is C18H21F2N3O2. The second kappa shape index (κ2) is 8.86. The zero-order chi connectivity index (χ0) is 18.2. The first kappa shape index (κ1) is 18.5. The molecule has 2 aromatic carbocycles. The van der Waals surface area contributed by atoms with E-state index in [1.54, 1.807) is 31.3 Å². The first-order valence-electron chi connectivity index (χ1n) is 7.82. The van der Waals surface area contributed by atoms with Crippen molar-refractivity contribution in [1.29, 1.82) is 0 Å². The summed E-state index contributed by atoms with van der Waals surface area (Å²) < 4.78 is 32.4. The van der Waals surface area contributed by atoms with Gasteiger partial charge >= 0.3 is 0 Å². The molecule has 1 unspecified atom stereocenters. The number of phenols is 1.